The summed E-state index contributed by atoms with van der Waals surface area (Å²) in [5, 5.41) is 2.83. The van der Waals surface area contributed by atoms with Gasteiger partial charge in [-0.05, 0) is 37.8 Å². The van der Waals surface area contributed by atoms with Gasteiger partial charge in [0, 0.05) is 11.8 Å². The first-order chi connectivity index (χ1) is 11.2. The van der Waals surface area contributed by atoms with Gasteiger partial charge in [0.15, 0.2) is 0 Å². The lowest BCUT2D eigenvalue weighted by molar-refractivity contribution is -0.153. The maximum atomic E-state index is 12.7. The van der Waals surface area contributed by atoms with Gasteiger partial charge in [0.05, 0.1) is 13.7 Å². The molecule has 0 aliphatic heterocycles. The van der Waals surface area contributed by atoms with Crippen molar-refractivity contribution >= 4 is 17.6 Å². The SMILES string of the molecule is CCOC(=O)C(C(=O)Nc1cccc(OC)c1)C1CCCCC1. The van der Waals surface area contributed by atoms with E-state index in [0.29, 0.717) is 11.4 Å². The molecule has 0 aromatic heterocycles. The first-order valence-corrected chi connectivity index (χ1v) is 8.27. The summed E-state index contributed by atoms with van der Waals surface area (Å²) in [6, 6.07) is 7.12. The average Bonchev–Trinajstić information content (AvgIpc) is 2.56. The van der Waals surface area contributed by atoms with Crippen molar-refractivity contribution in [1.29, 1.82) is 0 Å². The molecule has 0 radical (unpaired) electrons. The molecule has 1 saturated carbocycles. The third-order valence-corrected chi connectivity index (χ3v) is 4.28. The highest BCUT2D eigenvalue weighted by Crippen LogP contribution is 2.32. The number of hydrogen-bond donors (Lipinski definition) is 1. The summed E-state index contributed by atoms with van der Waals surface area (Å²) < 4.78 is 10.3. The highest BCUT2D eigenvalue weighted by atomic mass is 16.5. The minimum Gasteiger partial charge on any atom is -0.497 e. The lowest BCUT2D eigenvalue weighted by Gasteiger charge is -2.27. The second-order valence-electron chi connectivity index (χ2n) is 5.85. The molecule has 1 aliphatic rings. The lowest BCUT2D eigenvalue weighted by Crippen LogP contribution is -2.37. The number of esters is 1. The summed E-state index contributed by atoms with van der Waals surface area (Å²) in [5.41, 5.74) is 0.624. The van der Waals surface area contributed by atoms with Gasteiger partial charge in [0.2, 0.25) is 5.91 Å². The van der Waals surface area contributed by atoms with Crippen molar-refractivity contribution in [3.63, 3.8) is 0 Å². The van der Waals surface area contributed by atoms with Crippen molar-refractivity contribution in [1.82, 2.24) is 0 Å². The van der Waals surface area contributed by atoms with Gasteiger partial charge in [0.1, 0.15) is 11.7 Å². The van der Waals surface area contributed by atoms with Crippen LogP contribution in [0.3, 0.4) is 0 Å². The number of anilines is 1. The molecule has 1 aromatic carbocycles. The highest BCUT2D eigenvalue weighted by Gasteiger charge is 2.36. The van der Waals surface area contributed by atoms with Crippen LogP contribution in [0.15, 0.2) is 24.3 Å². The summed E-state index contributed by atoms with van der Waals surface area (Å²) in [6.45, 7) is 2.05. The van der Waals surface area contributed by atoms with Gasteiger partial charge in [-0.1, -0.05) is 25.3 Å². The van der Waals surface area contributed by atoms with Crippen molar-refractivity contribution in [2.24, 2.45) is 11.8 Å². The van der Waals surface area contributed by atoms with E-state index in [9.17, 15) is 9.59 Å². The van der Waals surface area contributed by atoms with Crippen LogP contribution >= 0.6 is 0 Å². The van der Waals surface area contributed by atoms with E-state index in [1.165, 1.54) is 6.42 Å². The Hall–Kier alpha value is -2.04. The molecule has 0 heterocycles. The van der Waals surface area contributed by atoms with Crippen LogP contribution in [0.2, 0.25) is 0 Å². The Morgan fingerprint density at radius 3 is 2.65 bits per heavy atom. The quantitative estimate of drug-likeness (QED) is 0.645. The molecule has 1 amide bonds. The van der Waals surface area contributed by atoms with Crippen LogP contribution in [0.4, 0.5) is 5.69 Å². The summed E-state index contributed by atoms with van der Waals surface area (Å²) in [5.74, 6) is -0.716. The van der Waals surface area contributed by atoms with Crippen LogP contribution in [0.25, 0.3) is 0 Å². The van der Waals surface area contributed by atoms with Gasteiger partial charge in [-0.3, -0.25) is 9.59 Å². The molecule has 23 heavy (non-hydrogen) atoms. The topological polar surface area (TPSA) is 64.6 Å². The minimum atomic E-state index is -0.735. The minimum absolute atomic E-state index is 0.0633. The molecule has 126 valence electrons. The highest BCUT2D eigenvalue weighted by molar-refractivity contribution is 6.05. The van der Waals surface area contributed by atoms with Crippen LogP contribution in [-0.4, -0.2) is 25.6 Å². The summed E-state index contributed by atoms with van der Waals surface area (Å²) in [6.07, 6.45) is 5.09. The first kappa shape index (κ1) is 17.3. The number of ether oxygens (including phenoxy) is 2. The van der Waals surface area contributed by atoms with Crippen LogP contribution < -0.4 is 10.1 Å². The van der Waals surface area contributed by atoms with Gasteiger partial charge >= 0.3 is 5.97 Å². The fourth-order valence-electron chi connectivity index (χ4n) is 3.13. The van der Waals surface area contributed by atoms with Gasteiger partial charge < -0.3 is 14.8 Å². The Kier molecular flexibility index (Phi) is 6.44. The molecule has 1 N–H and O–H groups in total. The van der Waals surface area contributed by atoms with E-state index in [1.54, 1.807) is 38.3 Å². The Morgan fingerprint density at radius 1 is 1.26 bits per heavy atom. The van der Waals surface area contributed by atoms with E-state index in [4.69, 9.17) is 9.47 Å². The smallest absolute Gasteiger partial charge is 0.318 e. The van der Waals surface area contributed by atoms with Crippen molar-refractivity contribution in [2.45, 2.75) is 39.0 Å². The predicted octanol–water partition coefficient (Wildman–Crippen LogP) is 3.39. The zero-order valence-electron chi connectivity index (χ0n) is 13.8. The second kappa shape index (κ2) is 8.56. The molecule has 5 heteroatoms. The first-order valence-electron chi connectivity index (χ1n) is 8.27. The fourth-order valence-corrected chi connectivity index (χ4v) is 3.13. The maximum absolute atomic E-state index is 12.7. The molecule has 1 fully saturated rings. The van der Waals surface area contributed by atoms with E-state index in [1.807, 2.05) is 0 Å². The van der Waals surface area contributed by atoms with E-state index in [-0.39, 0.29) is 18.4 Å². The van der Waals surface area contributed by atoms with Gasteiger partial charge in [-0.25, -0.2) is 0 Å². The molecule has 1 aromatic rings. The van der Waals surface area contributed by atoms with Crippen LogP contribution in [-0.2, 0) is 14.3 Å². The fraction of sp³-hybridized carbons (Fsp3) is 0.556. The number of nitrogens with one attached hydrogen (secondary N) is 1. The second-order valence-corrected chi connectivity index (χ2v) is 5.85. The third kappa shape index (κ3) is 4.71. The van der Waals surface area contributed by atoms with Crippen LogP contribution in [0.1, 0.15) is 39.0 Å². The number of carbonyl (C=O) groups excluding carboxylic acids is 2. The zero-order chi connectivity index (χ0) is 16.7. The van der Waals surface area contributed by atoms with Crippen LogP contribution in [0, 0.1) is 11.8 Å². The van der Waals surface area contributed by atoms with Crippen molar-refractivity contribution < 1.29 is 19.1 Å². The number of amides is 1. The molecule has 1 atom stereocenters. The average molecular weight is 319 g/mol. The molecule has 2 rings (SSSR count). The molecule has 5 nitrogen and oxygen atoms in total. The predicted molar refractivity (Wildman–Crippen MR) is 88.3 cm³/mol. The Bertz CT molecular complexity index is 538. The van der Waals surface area contributed by atoms with Crippen LogP contribution in [0.5, 0.6) is 5.75 Å². The Balaban J connectivity index is 2.12. The molecule has 0 spiro atoms. The maximum Gasteiger partial charge on any atom is 0.318 e. The Labute approximate surface area is 137 Å². The zero-order valence-corrected chi connectivity index (χ0v) is 13.8. The van der Waals surface area contributed by atoms with E-state index in [2.05, 4.69) is 5.32 Å². The Morgan fingerprint density at radius 2 is 2.00 bits per heavy atom. The normalized spacial score (nSPS) is 16.4. The van der Waals surface area contributed by atoms with E-state index >= 15 is 0 Å². The molecule has 0 saturated heterocycles. The number of hydrogen-bond acceptors (Lipinski definition) is 4. The third-order valence-electron chi connectivity index (χ3n) is 4.28. The van der Waals surface area contributed by atoms with Gasteiger partial charge in [-0.2, -0.15) is 0 Å². The molecule has 0 bridgehead atoms. The van der Waals surface area contributed by atoms with Crippen molar-refractivity contribution in [2.75, 3.05) is 19.0 Å². The van der Waals surface area contributed by atoms with E-state index in [0.717, 1.165) is 25.7 Å². The number of rotatable bonds is 6. The number of carbonyl (C=O) groups is 2. The monoisotopic (exact) mass is 319 g/mol. The molecular weight excluding hydrogens is 294 g/mol. The van der Waals surface area contributed by atoms with Crippen molar-refractivity contribution in [3.05, 3.63) is 24.3 Å². The molecular formula is C18H25NO4. The number of methoxy groups -OCH3 is 1. The van der Waals surface area contributed by atoms with Gasteiger partial charge in [0.25, 0.3) is 0 Å². The standard InChI is InChI=1S/C18H25NO4/c1-3-23-18(21)16(13-8-5-4-6-9-13)17(20)19-14-10-7-11-15(12-14)22-2/h7,10-13,16H,3-6,8-9H2,1-2H3,(H,19,20). The number of benzene rings is 1. The lowest BCUT2D eigenvalue weighted by atomic mass is 9.79. The summed E-state index contributed by atoms with van der Waals surface area (Å²) >= 11 is 0. The van der Waals surface area contributed by atoms with Gasteiger partial charge in [-0.15, -0.1) is 0 Å². The summed E-state index contributed by atoms with van der Waals surface area (Å²) in [7, 11) is 1.57. The summed E-state index contributed by atoms with van der Waals surface area (Å²) in [4.78, 5) is 25.0. The van der Waals surface area contributed by atoms with Crippen molar-refractivity contribution in [3.8, 4) is 5.75 Å². The largest absolute Gasteiger partial charge is 0.497 e. The molecule has 1 unspecified atom stereocenters. The van der Waals surface area contributed by atoms with E-state index < -0.39 is 11.9 Å². The molecule has 1 aliphatic carbocycles.